The smallest absolute Gasteiger partial charge is 0.242 e. The lowest BCUT2D eigenvalue weighted by Crippen LogP contribution is -2.47. The zero-order chi connectivity index (χ0) is 20.1. The molecule has 0 aliphatic carbocycles. The average molecular weight is 402 g/mol. The summed E-state index contributed by atoms with van der Waals surface area (Å²) in [5, 5.41) is 2.01. The molecule has 2 amide bonds. The number of carbonyl (C=O) groups is 2. The molecule has 0 saturated carbocycles. The number of benzene rings is 1. The Labute approximate surface area is 168 Å². The monoisotopic (exact) mass is 402 g/mol. The summed E-state index contributed by atoms with van der Waals surface area (Å²) in [5.74, 6) is -0.255. The third-order valence-corrected chi connectivity index (χ3v) is 5.74. The van der Waals surface area contributed by atoms with Crippen LogP contribution in [0.15, 0.2) is 48.4 Å². The lowest BCUT2D eigenvalue weighted by molar-refractivity contribution is -0.141. The predicted octanol–water partition coefficient (Wildman–Crippen LogP) is 3.43. The van der Waals surface area contributed by atoms with Gasteiger partial charge in [0.1, 0.15) is 24.7 Å². The first-order chi connectivity index (χ1) is 13.5. The first kappa shape index (κ1) is 20.1. The van der Waals surface area contributed by atoms with E-state index in [-0.39, 0.29) is 36.8 Å². The van der Waals surface area contributed by atoms with E-state index in [1.54, 1.807) is 34.4 Å². The molecule has 0 saturated heterocycles. The Hall–Kier alpha value is -2.67. The van der Waals surface area contributed by atoms with Gasteiger partial charge in [0.2, 0.25) is 11.8 Å². The van der Waals surface area contributed by atoms with Crippen molar-refractivity contribution in [1.29, 1.82) is 0 Å². The maximum absolute atomic E-state index is 13.4. The van der Waals surface area contributed by atoms with Crippen molar-refractivity contribution in [1.82, 2.24) is 9.80 Å². The number of carbonyl (C=O) groups excluding carboxylic acids is 2. The minimum Gasteiger partial charge on any atom is -0.491 e. The molecular formula is C21H23FN2O3S. The van der Waals surface area contributed by atoms with E-state index in [4.69, 9.17) is 4.74 Å². The van der Waals surface area contributed by atoms with Gasteiger partial charge >= 0.3 is 0 Å². The Kier molecular flexibility index (Phi) is 6.46. The first-order valence-corrected chi connectivity index (χ1v) is 9.98. The summed E-state index contributed by atoms with van der Waals surface area (Å²) in [7, 11) is 0. The molecule has 0 N–H and O–H groups in total. The largest absolute Gasteiger partial charge is 0.491 e. The lowest BCUT2D eigenvalue weighted by atomic mass is 10.0. The number of halogens is 1. The highest BCUT2D eigenvalue weighted by Crippen LogP contribution is 2.34. The van der Waals surface area contributed by atoms with Crippen LogP contribution in [0, 0.1) is 5.82 Å². The summed E-state index contributed by atoms with van der Waals surface area (Å²) in [6.07, 6.45) is 2.38. The summed E-state index contributed by atoms with van der Waals surface area (Å²) in [6.45, 7) is 6.18. The molecule has 0 spiro atoms. The van der Waals surface area contributed by atoms with E-state index in [1.165, 1.54) is 28.8 Å². The fraction of sp³-hybridized carbons (Fsp3) is 0.333. The molecular weight excluding hydrogens is 379 g/mol. The van der Waals surface area contributed by atoms with E-state index in [0.717, 1.165) is 12.0 Å². The SMILES string of the molecule is C=CCN(CC(=O)N1CCc2sccc2[C@@H]1COc1cccc(F)c1)C(C)=O. The number of nitrogens with zero attached hydrogens (tertiary/aromatic N) is 2. The van der Waals surface area contributed by atoms with E-state index in [9.17, 15) is 14.0 Å². The Morgan fingerprint density at radius 3 is 2.96 bits per heavy atom. The highest BCUT2D eigenvalue weighted by molar-refractivity contribution is 7.10. The van der Waals surface area contributed by atoms with Crippen molar-refractivity contribution in [2.24, 2.45) is 0 Å². The van der Waals surface area contributed by atoms with Crippen LogP contribution in [-0.2, 0) is 16.0 Å². The molecule has 0 unspecified atom stereocenters. The topological polar surface area (TPSA) is 49.9 Å². The summed E-state index contributed by atoms with van der Waals surface area (Å²) in [4.78, 5) is 29.2. The highest BCUT2D eigenvalue weighted by Gasteiger charge is 2.33. The van der Waals surface area contributed by atoms with E-state index < -0.39 is 0 Å². The minimum absolute atomic E-state index is 0.00269. The van der Waals surface area contributed by atoms with Gasteiger partial charge in [-0.3, -0.25) is 9.59 Å². The second-order valence-corrected chi connectivity index (χ2v) is 7.61. The molecule has 0 radical (unpaired) electrons. The van der Waals surface area contributed by atoms with Crippen LogP contribution in [0.2, 0.25) is 0 Å². The first-order valence-electron chi connectivity index (χ1n) is 9.10. The number of ether oxygens (including phenoxy) is 1. The van der Waals surface area contributed by atoms with Crippen LogP contribution in [0.3, 0.4) is 0 Å². The second-order valence-electron chi connectivity index (χ2n) is 6.61. The third-order valence-electron chi connectivity index (χ3n) is 4.74. The number of rotatable bonds is 7. The maximum Gasteiger partial charge on any atom is 0.242 e. The number of amides is 2. The van der Waals surface area contributed by atoms with Crippen molar-refractivity contribution in [3.63, 3.8) is 0 Å². The van der Waals surface area contributed by atoms with E-state index in [1.807, 2.05) is 11.4 Å². The molecule has 3 rings (SSSR count). The molecule has 1 atom stereocenters. The Balaban J connectivity index is 1.77. The molecule has 1 aliphatic heterocycles. The van der Waals surface area contributed by atoms with Crippen molar-refractivity contribution in [2.75, 3.05) is 26.2 Å². The minimum atomic E-state index is -0.369. The molecule has 7 heteroatoms. The van der Waals surface area contributed by atoms with Crippen molar-refractivity contribution in [3.8, 4) is 5.75 Å². The van der Waals surface area contributed by atoms with Gasteiger partial charge in [0, 0.05) is 31.0 Å². The molecule has 2 heterocycles. The molecule has 0 bridgehead atoms. The molecule has 148 valence electrons. The van der Waals surface area contributed by atoms with Gasteiger partial charge in [-0.1, -0.05) is 12.1 Å². The summed E-state index contributed by atoms with van der Waals surface area (Å²) in [6, 6.07) is 7.69. The van der Waals surface area contributed by atoms with Crippen LogP contribution < -0.4 is 4.74 Å². The van der Waals surface area contributed by atoms with Crippen LogP contribution >= 0.6 is 11.3 Å². The van der Waals surface area contributed by atoms with Crippen LogP contribution in [-0.4, -0.2) is 47.9 Å². The zero-order valence-corrected chi connectivity index (χ0v) is 16.6. The normalized spacial score (nSPS) is 15.6. The maximum atomic E-state index is 13.4. The Morgan fingerprint density at radius 1 is 1.43 bits per heavy atom. The van der Waals surface area contributed by atoms with Crippen LogP contribution in [0.25, 0.3) is 0 Å². The predicted molar refractivity (Wildman–Crippen MR) is 107 cm³/mol. The fourth-order valence-electron chi connectivity index (χ4n) is 3.32. The van der Waals surface area contributed by atoms with Crippen LogP contribution in [0.4, 0.5) is 4.39 Å². The Morgan fingerprint density at radius 2 is 2.25 bits per heavy atom. The summed E-state index contributed by atoms with van der Waals surface area (Å²) in [5.41, 5.74) is 1.05. The van der Waals surface area contributed by atoms with Crippen molar-refractivity contribution < 1.29 is 18.7 Å². The summed E-state index contributed by atoms with van der Waals surface area (Å²) < 4.78 is 19.2. The molecule has 1 aliphatic rings. The Bertz CT molecular complexity index is 867. The number of fused-ring (bicyclic) bond motifs is 1. The van der Waals surface area contributed by atoms with Crippen molar-refractivity contribution in [2.45, 2.75) is 19.4 Å². The lowest BCUT2D eigenvalue weighted by Gasteiger charge is -2.37. The van der Waals surface area contributed by atoms with Gasteiger partial charge in [0.15, 0.2) is 0 Å². The van der Waals surface area contributed by atoms with Crippen LogP contribution in [0.1, 0.15) is 23.4 Å². The van der Waals surface area contributed by atoms with Crippen LogP contribution in [0.5, 0.6) is 5.75 Å². The van der Waals surface area contributed by atoms with Gasteiger partial charge < -0.3 is 14.5 Å². The van der Waals surface area contributed by atoms with Gasteiger partial charge in [0.05, 0.1) is 6.04 Å². The second kappa shape index (κ2) is 9.01. The fourth-order valence-corrected chi connectivity index (χ4v) is 4.25. The van der Waals surface area contributed by atoms with E-state index in [2.05, 4.69) is 6.58 Å². The molecule has 5 nitrogen and oxygen atoms in total. The number of thiophene rings is 1. The highest BCUT2D eigenvalue weighted by atomic mass is 32.1. The standard InChI is InChI=1S/C21H23FN2O3S/c1-3-9-23(15(2)25)13-21(26)24-10-7-20-18(8-11-28-20)19(24)14-27-17-6-4-5-16(22)12-17/h3-6,8,11-12,19H,1,7,9-10,13-14H2,2H3/t19-/m0/s1. The van der Waals surface area contributed by atoms with Gasteiger partial charge in [-0.2, -0.15) is 0 Å². The van der Waals surface area contributed by atoms with E-state index >= 15 is 0 Å². The average Bonchev–Trinajstić information content (AvgIpc) is 3.14. The van der Waals surface area contributed by atoms with E-state index in [0.29, 0.717) is 18.8 Å². The number of hydrogen-bond donors (Lipinski definition) is 0. The molecule has 1 aromatic heterocycles. The van der Waals surface area contributed by atoms with Crippen molar-refractivity contribution >= 4 is 23.2 Å². The molecule has 1 aromatic carbocycles. The van der Waals surface area contributed by atoms with Gasteiger partial charge in [0.25, 0.3) is 0 Å². The molecule has 28 heavy (non-hydrogen) atoms. The molecule has 0 fully saturated rings. The van der Waals surface area contributed by atoms with Crippen molar-refractivity contribution in [3.05, 3.63) is 64.6 Å². The zero-order valence-electron chi connectivity index (χ0n) is 15.8. The molecule has 2 aromatic rings. The van der Waals surface area contributed by atoms with Gasteiger partial charge in [-0.15, -0.1) is 17.9 Å². The third kappa shape index (κ3) is 4.59. The quantitative estimate of drug-likeness (QED) is 0.667. The van der Waals surface area contributed by atoms with Gasteiger partial charge in [-0.05, 0) is 35.6 Å². The number of hydrogen-bond acceptors (Lipinski definition) is 4. The van der Waals surface area contributed by atoms with Gasteiger partial charge in [-0.25, -0.2) is 4.39 Å². The summed E-state index contributed by atoms with van der Waals surface area (Å²) >= 11 is 1.66.